The monoisotopic (exact) mass is 554 g/mol. The van der Waals surface area contributed by atoms with Crippen molar-refractivity contribution in [2.45, 2.75) is 147 Å². The van der Waals surface area contributed by atoms with Crippen molar-refractivity contribution < 1.29 is 64.4 Å². The number of benzene rings is 2. The first-order valence-electron chi connectivity index (χ1n) is 15.0. The minimum Gasteiger partial charge on any atom is -0.744 e. The van der Waals surface area contributed by atoms with Gasteiger partial charge in [0, 0.05) is 0 Å². The number of fused-ring (bicyclic) bond motifs is 1. The molecule has 2 aromatic rings. The Hall–Kier alpha value is 0.246. The van der Waals surface area contributed by atoms with Gasteiger partial charge in [0.15, 0.2) is 0 Å². The quantitative estimate of drug-likeness (QED) is 0.0958. The number of rotatable bonds is 21. The van der Waals surface area contributed by atoms with E-state index in [-0.39, 0.29) is 56.3 Å². The van der Waals surface area contributed by atoms with Gasteiger partial charge in [-0.3, -0.25) is 0 Å². The van der Waals surface area contributed by atoms with E-state index in [4.69, 9.17) is 0 Å². The molecule has 5 heteroatoms. The standard InChI is InChI=1S/C32H52O3S.K/c1-3-5-7-9-11-13-15-17-19-22-28-26-31-29(23-20-18-16-14-12-10-8-6-4-2)24-21-25-30(31)32(27-28)36(33,34)35;/h21,24-27H,3-20,22-23H2,1-2H3,(H,33,34,35);/q;+1/p-1. The molecule has 0 N–H and O–H groups in total. The molecule has 0 aliphatic rings. The average Bonchev–Trinajstić information content (AvgIpc) is 2.86. The molecule has 2 rings (SSSR count). The molecule has 0 spiro atoms. The van der Waals surface area contributed by atoms with Crippen molar-refractivity contribution in [1.29, 1.82) is 0 Å². The predicted octanol–water partition coefficient (Wildman–Crippen LogP) is 6.89. The Labute approximate surface area is 271 Å². The number of aryl methyl sites for hydroxylation is 2. The number of hydrogen-bond acceptors (Lipinski definition) is 3. The summed E-state index contributed by atoms with van der Waals surface area (Å²) < 4.78 is 36.3. The van der Waals surface area contributed by atoms with Crippen molar-refractivity contribution in [1.82, 2.24) is 0 Å². The van der Waals surface area contributed by atoms with Crippen LogP contribution in [0, 0.1) is 0 Å². The van der Waals surface area contributed by atoms with E-state index in [1.807, 2.05) is 6.07 Å². The summed E-state index contributed by atoms with van der Waals surface area (Å²) in [6, 6.07) is 9.59. The van der Waals surface area contributed by atoms with Crippen LogP contribution in [0.5, 0.6) is 0 Å². The van der Waals surface area contributed by atoms with Crippen LogP contribution >= 0.6 is 0 Å². The Balaban J connectivity index is 0.00000684. The van der Waals surface area contributed by atoms with Crippen LogP contribution in [-0.2, 0) is 23.0 Å². The molecular formula is C32H51KO3S. The van der Waals surface area contributed by atoms with E-state index < -0.39 is 10.1 Å². The molecule has 0 fully saturated rings. The maximum Gasteiger partial charge on any atom is 1.00 e. The second-order valence-electron chi connectivity index (χ2n) is 10.7. The first-order valence-corrected chi connectivity index (χ1v) is 16.4. The summed E-state index contributed by atoms with van der Waals surface area (Å²) in [4.78, 5) is -0.0418. The van der Waals surface area contributed by atoms with Crippen LogP contribution in [0.3, 0.4) is 0 Å². The van der Waals surface area contributed by atoms with Gasteiger partial charge in [0.25, 0.3) is 0 Å². The molecule has 0 aromatic heterocycles. The van der Waals surface area contributed by atoms with Gasteiger partial charge < -0.3 is 4.55 Å². The van der Waals surface area contributed by atoms with Crippen LogP contribution in [-0.4, -0.2) is 13.0 Å². The summed E-state index contributed by atoms with van der Waals surface area (Å²) in [6.07, 6.45) is 24.7. The zero-order valence-electron chi connectivity index (χ0n) is 24.2. The van der Waals surface area contributed by atoms with E-state index in [9.17, 15) is 13.0 Å². The predicted molar refractivity (Wildman–Crippen MR) is 154 cm³/mol. The van der Waals surface area contributed by atoms with Gasteiger partial charge in [0.1, 0.15) is 10.1 Å². The third-order valence-electron chi connectivity index (χ3n) is 7.50. The van der Waals surface area contributed by atoms with Gasteiger partial charge >= 0.3 is 51.4 Å². The van der Waals surface area contributed by atoms with Crippen molar-refractivity contribution in [3.63, 3.8) is 0 Å². The van der Waals surface area contributed by atoms with Crippen LogP contribution in [0.25, 0.3) is 10.8 Å². The molecule has 0 bridgehead atoms. The second-order valence-corrected chi connectivity index (χ2v) is 12.1. The Morgan fingerprint density at radius 2 is 1.05 bits per heavy atom. The van der Waals surface area contributed by atoms with Crippen LogP contribution in [0.2, 0.25) is 0 Å². The zero-order chi connectivity index (χ0) is 26.1. The molecule has 0 radical (unpaired) electrons. The maximum atomic E-state index is 12.1. The topological polar surface area (TPSA) is 57.2 Å². The van der Waals surface area contributed by atoms with Crippen molar-refractivity contribution >= 4 is 20.9 Å². The average molecular weight is 555 g/mol. The molecule has 0 atom stereocenters. The molecule has 0 unspecified atom stereocenters. The van der Waals surface area contributed by atoms with Crippen molar-refractivity contribution in [3.05, 3.63) is 41.5 Å². The zero-order valence-corrected chi connectivity index (χ0v) is 28.1. The minimum atomic E-state index is -4.51. The molecule has 2 aromatic carbocycles. The van der Waals surface area contributed by atoms with Gasteiger partial charge in [0.2, 0.25) is 0 Å². The van der Waals surface area contributed by atoms with Crippen molar-refractivity contribution in [2.75, 3.05) is 0 Å². The van der Waals surface area contributed by atoms with E-state index in [1.54, 1.807) is 12.1 Å². The van der Waals surface area contributed by atoms with E-state index in [1.165, 1.54) is 102 Å². The molecule has 0 saturated carbocycles. The van der Waals surface area contributed by atoms with Gasteiger partial charge in [-0.25, -0.2) is 8.42 Å². The van der Waals surface area contributed by atoms with Gasteiger partial charge in [-0.2, -0.15) is 0 Å². The van der Waals surface area contributed by atoms with E-state index in [0.717, 1.165) is 43.1 Å². The molecule has 37 heavy (non-hydrogen) atoms. The normalized spacial score (nSPS) is 11.6. The Morgan fingerprint density at radius 1 is 0.595 bits per heavy atom. The van der Waals surface area contributed by atoms with Gasteiger partial charge in [0.05, 0.1) is 4.90 Å². The molecule has 204 valence electrons. The summed E-state index contributed by atoms with van der Waals surface area (Å²) in [5.41, 5.74) is 2.16. The molecule has 0 amide bonds. The van der Waals surface area contributed by atoms with Gasteiger partial charge in [-0.05, 0) is 53.6 Å². The Morgan fingerprint density at radius 3 is 1.54 bits per heavy atom. The van der Waals surface area contributed by atoms with Crippen molar-refractivity contribution in [3.8, 4) is 0 Å². The SMILES string of the molecule is CCCCCCCCCCCc1cc(S(=O)(=O)[O-])c2cccc(CCCCCCCCCCC)c2c1.[K+]. The van der Waals surface area contributed by atoms with Gasteiger partial charge in [-0.1, -0.05) is 141 Å². The largest absolute Gasteiger partial charge is 1.00 e. The van der Waals surface area contributed by atoms with Crippen LogP contribution in [0.15, 0.2) is 35.2 Å². The van der Waals surface area contributed by atoms with Crippen LogP contribution in [0.1, 0.15) is 141 Å². The summed E-state index contributed by atoms with van der Waals surface area (Å²) in [5.74, 6) is 0. The summed E-state index contributed by atoms with van der Waals surface area (Å²) in [7, 11) is -4.51. The third kappa shape index (κ3) is 14.4. The first kappa shape index (κ1) is 35.3. The molecule has 3 nitrogen and oxygen atoms in total. The minimum absolute atomic E-state index is 0. The molecular weight excluding hydrogens is 504 g/mol. The summed E-state index contributed by atoms with van der Waals surface area (Å²) in [6.45, 7) is 4.50. The van der Waals surface area contributed by atoms with E-state index in [0.29, 0.717) is 5.39 Å². The molecule has 0 heterocycles. The van der Waals surface area contributed by atoms with Crippen LogP contribution < -0.4 is 51.4 Å². The fourth-order valence-electron chi connectivity index (χ4n) is 5.31. The maximum absolute atomic E-state index is 12.1. The van der Waals surface area contributed by atoms with E-state index in [2.05, 4.69) is 26.0 Å². The third-order valence-corrected chi connectivity index (χ3v) is 8.37. The fraction of sp³-hybridized carbons (Fsp3) is 0.688. The van der Waals surface area contributed by atoms with Gasteiger partial charge in [-0.15, -0.1) is 0 Å². The molecule has 0 aliphatic carbocycles. The Bertz CT molecular complexity index is 971. The number of unbranched alkanes of at least 4 members (excludes halogenated alkanes) is 16. The molecule has 0 aliphatic heterocycles. The smallest absolute Gasteiger partial charge is 0.744 e. The number of hydrogen-bond donors (Lipinski definition) is 0. The Kier molecular flexibility index (Phi) is 20.1. The van der Waals surface area contributed by atoms with Crippen molar-refractivity contribution in [2.24, 2.45) is 0 Å². The van der Waals surface area contributed by atoms with E-state index >= 15 is 0 Å². The summed E-state index contributed by atoms with van der Waals surface area (Å²) in [5, 5.41) is 1.55. The molecule has 0 saturated heterocycles. The fourth-order valence-corrected chi connectivity index (χ4v) is 6.05. The first-order chi connectivity index (χ1) is 17.5. The second kappa shape index (κ2) is 21.1. The van der Waals surface area contributed by atoms with Crippen LogP contribution in [0.4, 0.5) is 0 Å². The summed E-state index contributed by atoms with van der Waals surface area (Å²) >= 11 is 0.